The summed E-state index contributed by atoms with van der Waals surface area (Å²) in [6.45, 7) is 1.68. The van der Waals surface area contributed by atoms with Gasteiger partial charge in [-0.15, -0.1) is 0 Å². The van der Waals surface area contributed by atoms with Crippen molar-refractivity contribution in [2.45, 2.75) is 6.92 Å². The van der Waals surface area contributed by atoms with Gasteiger partial charge in [0.15, 0.2) is 6.61 Å². The molecule has 9 nitrogen and oxygen atoms in total. The second-order valence-electron chi connectivity index (χ2n) is 5.14. The summed E-state index contributed by atoms with van der Waals surface area (Å²) in [5.41, 5.74) is 2.75. The molecular formula is C18H17N3O6. The van der Waals surface area contributed by atoms with E-state index >= 15 is 0 Å². The number of ether oxygens (including phenoxy) is 2. The van der Waals surface area contributed by atoms with Gasteiger partial charge in [0.2, 0.25) is 0 Å². The molecule has 0 atom stereocenters. The van der Waals surface area contributed by atoms with Crippen LogP contribution in [0.5, 0.6) is 5.75 Å². The lowest BCUT2D eigenvalue weighted by molar-refractivity contribution is -0.385. The molecule has 0 spiro atoms. The zero-order valence-electron chi connectivity index (χ0n) is 14.5. The standard InChI is InChI=1S/C18H17N3O6/c1-2-26-18(23)13-7-9-15(10-8-13)27-12-17(22)20-19-11-14-5-3-4-6-16(14)21(24)25/h3-11H,2,12H2,1H3,(H,20,22). The molecule has 2 rings (SSSR count). The van der Waals surface area contributed by atoms with E-state index in [2.05, 4.69) is 10.5 Å². The highest BCUT2D eigenvalue weighted by Gasteiger charge is 2.10. The first-order valence-electron chi connectivity index (χ1n) is 7.96. The molecule has 0 bridgehead atoms. The van der Waals surface area contributed by atoms with Crippen LogP contribution in [-0.4, -0.2) is 36.2 Å². The molecule has 0 aliphatic carbocycles. The molecule has 0 radical (unpaired) electrons. The van der Waals surface area contributed by atoms with Crippen LogP contribution >= 0.6 is 0 Å². The van der Waals surface area contributed by atoms with Crippen molar-refractivity contribution in [2.24, 2.45) is 5.10 Å². The Balaban J connectivity index is 1.84. The molecule has 2 aromatic carbocycles. The number of hydrogen-bond acceptors (Lipinski definition) is 7. The van der Waals surface area contributed by atoms with Crippen LogP contribution in [0.15, 0.2) is 53.6 Å². The second kappa shape index (κ2) is 9.66. The van der Waals surface area contributed by atoms with Gasteiger partial charge >= 0.3 is 5.97 Å². The number of carbonyl (C=O) groups is 2. The Morgan fingerprint density at radius 1 is 1.19 bits per heavy atom. The minimum Gasteiger partial charge on any atom is -0.484 e. The summed E-state index contributed by atoms with van der Waals surface area (Å²) in [5, 5.41) is 14.6. The van der Waals surface area contributed by atoms with E-state index in [-0.39, 0.29) is 24.5 Å². The largest absolute Gasteiger partial charge is 0.484 e. The lowest BCUT2D eigenvalue weighted by atomic mass is 10.2. The van der Waals surface area contributed by atoms with Crippen LogP contribution < -0.4 is 10.2 Å². The lowest BCUT2D eigenvalue weighted by Crippen LogP contribution is -2.24. The Hall–Kier alpha value is -3.75. The van der Waals surface area contributed by atoms with Crippen LogP contribution in [0.2, 0.25) is 0 Å². The molecule has 0 aliphatic rings. The summed E-state index contributed by atoms with van der Waals surface area (Å²) in [4.78, 5) is 33.6. The molecule has 0 aliphatic heterocycles. The van der Waals surface area contributed by atoms with E-state index < -0.39 is 16.8 Å². The maximum atomic E-state index is 11.7. The number of amides is 1. The van der Waals surface area contributed by atoms with Crippen LogP contribution in [0, 0.1) is 10.1 Å². The first-order chi connectivity index (χ1) is 13.0. The van der Waals surface area contributed by atoms with E-state index in [1.54, 1.807) is 13.0 Å². The van der Waals surface area contributed by atoms with E-state index in [1.165, 1.54) is 48.7 Å². The molecule has 9 heteroatoms. The topological polar surface area (TPSA) is 120 Å². The van der Waals surface area contributed by atoms with Gasteiger partial charge in [-0.1, -0.05) is 12.1 Å². The fraction of sp³-hybridized carbons (Fsp3) is 0.167. The molecule has 1 amide bonds. The average molecular weight is 371 g/mol. The fourth-order valence-corrected chi connectivity index (χ4v) is 2.02. The molecule has 0 saturated carbocycles. The summed E-state index contributed by atoms with van der Waals surface area (Å²) in [7, 11) is 0. The SMILES string of the molecule is CCOC(=O)c1ccc(OCC(=O)NN=Cc2ccccc2[N+](=O)[O-])cc1. The van der Waals surface area contributed by atoms with Crippen molar-refractivity contribution in [1.82, 2.24) is 5.43 Å². The van der Waals surface area contributed by atoms with Crippen LogP contribution in [0.1, 0.15) is 22.8 Å². The van der Waals surface area contributed by atoms with E-state index in [4.69, 9.17) is 9.47 Å². The Labute approximate surface area is 154 Å². The first-order valence-corrected chi connectivity index (χ1v) is 7.96. The zero-order chi connectivity index (χ0) is 19.6. The Morgan fingerprint density at radius 3 is 2.56 bits per heavy atom. The average Bonchev–Trinajstić information content (AvgIpc) is 2.67. The number of para-hydroxylation sites is 1. The van der Waals surface area contributed by atoms with Gasteiger partial charge in [-0.05, 0) is 37.3 Å². The maximum Gasteiger partial charge on any atom is 0.338 e. The maximum absolute atomic E-state index is 11.7. The van der Waals surface area contributed by atoms with Crippen molar-refractivity contribution in [3.63, 3.8) is 0 Å². The quantitative estimate of drug-likeness (QED) is 0.329. The van der Waals surface area contributed by atoms with Crippen molar-refractivity contribution >= 4 is 23.8 Å². The molecular weight excluding hydrogens is 354 g/mol. The van der Waals surface area contributed by atoms with Crippen molar-refractivity contribution < 1.29 is 24.0 Å². The monoisotopic (exact) mass is 371 g/mol. The van der Waals surface area contributed by atoms with Crippen LogP contribution in [0.25, 0.3) is 0 Å². The molecule has 1 N–H and O–H groups in total. The predicted molar refractivity (Wildman–Crippen MR) is 96.7 cm³/mol. The van der Waals surface area contributed by atoms with Crippen LogP contribution in [0.3, 0.4) is 0 Å². The first kappa shape index (κ1) is 19.6. The highest BCUT2D eigenvalue weighted by atomic mass is 16.6. The number of nitrogens with zero attached hydrogens (tertiary/aromatic N) is 2. The summed E-state index contributed by atoms with van der Waals surface area (Å²) >= 11 is 0. The minimum atomic E-state index is -0.542. The highest BCUT2D eigenvalue weighted by Crippen LogP contribution is 2.15. The minimum absolute atomic E-state index is 0.117. The number of carbonyl (C=O) groups excluding carboxylic acids is 2. The van der Waals surface area contributed by atoms with Gasteiger partial charge in [-0.25, -0.2) is 10.2 Å². The van der Waals surface area contributed by atoms with Crippen molar-refractivity contribution in [3.8, 4) is 5.75 Å². The summed E-state index contributed by atoms with van der Waals surface area (Å²) in [5.74, 6) is -0.591. The van der Waals surface area contributed by atoms with Crippen molar-refractivity contribution in [3.05, 3.63) is 69.8 Å². The second-order valence-corrected chi connectivity index (χ2v) is 5.14. The van der Waals surface area contributed by atoms with E-state index in [1.807, 2.05) is 0 Å². The van der Waals surface area contributed by atoms with Crippen molar-refractivity contribution in [2.75, 3.05) is 13.2 Å². The highest BCUT2D eigenvalue weighted by molar-refractivity contribution is 5.89. The summed E-state index contributed by atoms with van der Waals surface area (Å²) < 4.78 is 10.1. The van der Waals surface area contributed by atoms with Gasteiger partial charge < -0.3 is 9.47 Å². The van der Waals surface area contributed by atoms with Gasteiger partial charge in [0, 0.05) is 6.07 Å². The van der Waals surface area contributed by atoms with E-state index in [0.717, 1.165) is 0 Å². The molecule has 2 aromatic rings. The Bertz CT molecular complexity index is 848. The number of hydrogen-bond donors (Lipinski definition) is 1. The number of nitro groups is 1. The molecule has 0 heterocycles. The Kier molecular flexibility index (Phi) is 7.00. The fourth-order valence-electron chi connectivity index (χ4n) is 2.02. The molecule has 0 saturated heterocycles. The third kappa shape index (κ3) is 5.92. The number of nitrogens with one attached hydrogen (secondary N) is 1. The van der Waals surface area contributed by atoms with Crippen LogP contribution in [0.4, 0.5) is 5.69 Å². The third-order valence-electron chi connectivity index (χ3n) is 3.26. The summed E-state index contributed by atoms with van der Waals surface area (Å²) in [6.07, 6.45) is 1.18. The predicted octanol–water partition coefficient (Wildman–Crippen LogP) is 2.30. The smallest absolute Gasteiger partial charge is 0.338 e. The number of benzene rings is 2. The van der Waals surface area contributed by atoms with Gasteiger partial charge in [0.05, 0.1) is 28.9 Å². The number of rotatable bonds is 8. The van der Waals surface area contributed by atoms with Gasteiger partial charge in [0.25, 0.3) is 11.6 Å². The van der Waals surface area contributed by atoms with Gasteiger partial charge in [-0.2, -0.15) is 5.10 Å². The van der Waals surface area contributed by atoms with E-state index in [9.17, 15) is 19.7 Å². The molecule has 0 unspecified atom stereocenters. The number of esters is 1. The molecule has 0 fully saturated rings. The lowest BCUT2D eigenvalue weighted by Gasteiger charge is -2.06. The van der Waals surface area contributed by atoms with Crippen LogP contribution in [-0.2, 0) is 9.53 Å². The molecule has 27 heavy (non-hydrogen) atoms. The third-order valence-corrected chi connectivity index (χ3v) is 3.26. The van der Waals surface area contributed by atoms with E-state index in [0.29, 0.717) is 11.3 Å². The van der Waals surface area contributed by atoms with Crippen molar-refractivity contribution in [1.29, 1.82) is 0 Å². The summed E-state index contributed by atoms with van der Waals surface area (Å²) in [6, 6.07) is 12.1. The molecule has 0 aromatic heterocycles. The normalized spacial score (nSPS) is 10.4. The zero-order valence-corrected chi connectivity index (χ0v) is 14.5. The number of hydrazone groups is 1. The van der Waals surface area contributed by atoms with Gasteiger partial charge in [-0.3, -0.25) is 14.9 Å². The molecule has 140 valence electrons. The number of nitro benzene ring substituents is 1. The Morgan fingerprint density at radius 2 is 1.89 bits per heavy atom. The van der Waals surface area contributed by atoms with Gasteiger partial charge in [0.1, 0.15) is 5.75 Å².